The van der Waals surface area contributed by atoms with Gasteiger partial charge in [-0.15, -0.1) is 11.3 Å². The van der Waals surface area contributed by atoms with E-state index < -0.39 is 0 Å². The van der Waals surface area contributed by atoms with Crippen molar-refractivity contribution in [3.8, 4) is 11.5 Å². The smallest absolute Gasteiger partial charge is 0.229 e. The van der Waals surface area contributed by atoms with Crippen molar-refractivity contribution in [2.75, 3.05) is 5.32 Å². The summed E-state index contributed by atoms with van der Waals surface area (Å²) in [7, 11) is 0. The van der Waals surface area contributed by atoms with E-state index in [2.05, 4.69) is 10.3 Å². The van der Waals surface area contributed by atoms with Gasteiger partial charge >= 0.3 is 0 Å². The Kier molecular flexibility index (Phi) is 3.87. The van der Waals surface area contributed by atoms with Crippen LogP contribution in [-0.2, 0) is 4.79 Å². The van der Waals surface area contributed by atoms with Crippen LogP contribution in [-0.4, -0.2) is 10.9 Å². The van der Waals surface area contributed by atoms with Crippen LogP contribution >= 0.6 is 11.3 Å². The number of amides is 1. The maximum Gasteiger partial charge on any atom is 0.229 e. The number of nitrogens with zero attached hydrogens (tertiary/aromatic N) is 1. The molecule has 4 rings (SSSR count). The van der Waals surface area contributed by atoms with Crippen molar-refractivity contribution in [1.29, 1.82) is 0 Å². The lowest BCUT2D eigenvalue weighted by atomic mass is 9.89. The van der Waals surface area contributed by atoms with Crippen LogP contribution in [0.1, 0.15) is 32.1 Å². The number of furan rings is 1. The van der Waals surface area contributed by atoms with E-state index in [0.717, 1.165) is 48.1 Å². The number of fused-ring (bicyclic) bond motifs is 1. The Balaban J connectivity index is 1.51. The van der Waals surface area contributed by atoms with E-state index in [1.807, 2.05) is 35.7 Å². The minimum atomic E-state index is 0.107. The van der Waals surface area contributed by atoms with E-state index in [1.54, 1.807) is 0 Å². The number of anilines is 1. The molecule has 1 aromatic carbocycles. The highest BCUT2D eigenvalue weighted by Gasteiger charge is 2.22. The van der Waals surface area contributed by atoms with Gasteiger partial charge < -0.3 is 9.73 Å². The van der Waals surface area contributed by atoms with E-state index in [4.69, 9.17) is 4.42 Å². The van der Waals surface area contributed by atoms with Gasteiger partial charge in [-0.2, -0.15) is 0 Å². The average molecular weight is 326 g/mol. The lowest BCUT2D eigenvalue weighted by Gasteiger charge is -2.19. The highest BCUT2D eigenvalue weighted by atomic mass is 32.1. The second-order valence-corrected chi connectivity index (χ2v) is 6.87. The van der Waals surface area contributed by atoms with Gasteiger partial charge in [0.15, 0.2) is 10.9 Å². The van der Waals surface area contributed by atoms with Crippen LogP contribution in [0.15, 0.2) is 40.1 Å². The molecule has 0 unspecified atom stereocenters. The molecule has 1 fully saturated rings. The van der Waals surface area contributed by atoms with Crippen LogP contribution in [0.2, 0.25) is 0 Å². The van der Waals surface area contributed by atoms with E-state index in [9.17, 15) is 4.79 Å². The van der Waals surface area contributed by atoms with E-state index >= 15 is 0 Å². The summed E-state index contributed by atoms with van der Waals surface area (Å²) in [5.41, 5.74) is 1.62. The van der Waals surface area contributed by atoms with Crippen LogP contribution in [0.5, 0.6) is 0 Å². The number of nitrogens with one attached hydrogen (secondary N) is 1. The first-order valence-corrected chi connectivity index (χ1v) is 8.93. The van der Waals surface area contributed by atoms with Crippen molar-refractivity contribution < 1.29 is 9.21 Å². The van der Waals surface area contributed by atoms with Gasteiger partial charge in [-0.25, -0.2) is 4.98 Å². The zero-order chi connectivity index (χ0) is 15.6. The number of hydrogen-bond acceptors (Lipinski definition) is 4. The fraction of sp³-hybridized carbons (Fsp3) is 0.333. The molecule has 0 bridgehead atoms. The quantitative estimate of drug-likeness (QED) is 0.730. The zero-order valence-electron chi connectivity index (χ0n) is 12.7. The van der Waals surface area contributed by atoms with Crippen LogP contribution in [0.4, 0.5) is 5.13 Å². The Labute approximate surface area is 138 Å². The summed E-state index contributed by atoms with van der Waals surface area (Å²) in [6.07, 6.45) is 5.54. The standard InChI is InChI=1S/C18H18N2O2S/c21-17(12-6-2-1-3-7-12)20-18-19-14(11-23-18)16-10-13-8-4-5-9-15(13)22-16/h4-5,8-12H,1-3,6-7H2,(H,19,20,21). The lowest BCUT2D eigenvalue weighted by molar-refractivity contribution is -0.120. The number of thiazole rings is 1. The monoisotopic (exact) mass is 326 g/mol. The molecule has 5 heteroatoms. The summed E-state index contributed by atoms with van der Waals surface area (Å²) < 4.78 is 5.82. The molecule has 0 aliphatic heterocycles. The molecule has 23 heavy (non-hydrogen) atoms. The second-order valence-electron chi connectivity index (χ2n) is 6.01. The van der Waals surface area contributed by atoms with Gasteiger partial charge in [-0.1, -0.05) is 37.5 Å². The molecular weight excluding hydrogens is 308 g/mol. The van der Waals surface area contributed by atoms with E-state index in [1.165, 1.54) is 17.8 Å². The third-order valence-electron chi connectivity index (χ3n) is 4.39. The van der Waals surface area contributed by atoms with Gasteiger partial charge in [0, 0.05) is 16.7 Å². The Hall–Kier alpha value is -2.14. The molecule has 2 aromatic heterocycles. The molecule has 0 radical (unpaired) electrons. The van der Waals surface area contributed by atoms with Crippen molar-refractivity contribution in [3.05, 3.63) is 35.7 Å². The van der Waals surface area contributed by atoms with E-state index in [0.29, 0.717) is 5.13 Å². The van der Waals surface area contributed by atoms with E-state index in [-0.39, 0.29) is 11.8 Å². The molecule has 4 nitrogen and oxygen atoms in total. The number of rotatable bonds is 3. The van der Waals surface area contributed by atoms with Crippen LogP contribution in [0.25, 0.3) is 22.4 Å². The molecule has 118 valence electrons. The van der Waals surface area contributed by atoms with Gasteiger partial charge in [0.05, 0.1) is 0 Å². The molecule has 1 N–H and O–H groups in total. The number of carbonyl (C=O) groups is 1. The first kappa shape index (κ1) is 14.5. The third-order valence-corrected chi connectivity index (χ3v) is 5.15. The number of para-hydroxylation sites is 1. The summed E-state index contributed by atoms with van der Waals surface area (Å²) >= 11 is 1.44. The summed E-state index contributed by atoms with van der Waals surface area (Å²) in [5, 5.41) is 6.59. The third kappa shape index (κ3) is 3.01. The first-order chi connectivity index (χ1) is 11.3. The van der Waals surface area contributed by atoms with Crippen molar-refractivity contribution in [3.63, 3.8) is 0 Å². The first-order valence-electron chi connectivity index (χ1n) is 8.05. The topological polar surface area (TPSA) is 55.1 Å². The molecule has 1 saturated carbocycles. The zero-order valence-corrected chi connectivity index (χ0v) is 13.6. The summed E-state index contributed by atoms with van der Waals surface area (Å²) in [5.74, 6) is 0.984. The fourth-order valence-corrected chi connectivity index (χ4v) is 3.83. The molecule has 0 atom stereocenters. The fourth-order valence-electron chi connectivity index (χ4n) is 3.12. The van der Waals surface area contributed by atoms with Crippen LogP contribution in [0, 0.1) is 5.92 Å². The molecule has 0 spiro atoms. The van der Waals surface area contributed by atoms with Crippen molar-refractivity contribution >= 4 is 33.3 Å². The Morgan fingerprint density at radius 3 is 2.87 bits per heavy atom. The Morgan fingerprint density at radius 2 is 2.04 bits per heavy atom. The molecule has 0 saturated heterocycles. The highest BCUT2D eigenvalue weighted by molar-refractivity contribution is 7.14. The van der Waals surface area contributed by atoms with Gasteiger partial charge in [0.1, 0.15) is 11.3 Å². The summed E-state index contributed by atoms with van der Waals surface area (Å²) in [4.78, 5) is 16.8. The molecule has 2 heterocycles. The van der Waals surface area contributed by atoms with Gasteiger partial charge in [-0.3, -0.25) is 4.79 Å². The van der Waals surface area contributed by atoms with Crippen molar-refractivity contribution in [2.45, 2.75) is 32.1 Å². The van der Waals surface area contributed by atoms with Crippen LogP contribution in [0.3, 0.4) is 0 Å². The highest BCUT2D eigenvalue weighted by Crippen LogP contribution is 2.31. The predicted octanol–water partition coefficient (Wildman–Crippen LogP) is 5.08. The molecule has 1 amide bonds. The van der Waals surface area contributed by atoms with Crippen LogP contribution < -0.4 is 5.32 Å². The Bertz CT molecular complexity index is 797. The van der Waals surface area contributed by atoms with Crippen molar-refractivity contribution in [2.24, 2.45) is 5.92 Å². The predicted molar refractivity (Wildman–Crippen MR) is 92.5 cm³/mol. The summed E-state index contributed by atoms with van der Waals surface area (Å²) in [6.45, 7) is 0. The van der Waals surface area contributed by atoms with Gasteiger partial charge in [0.2, 0.25) is 5.91 Å². The SMILES string of the molecule is O=C(Nc1nc(-c2cc3ccccc3o2)cs1)C1CCCCC1. The number of hydrogen-bond donors (Lipinski definition) is 1. The normalized spacial score (nSPS) is 15.8. The number of aromatic nitrogens is 1. The minimum absolute atomic E-state index is 0.107. The second kappa shape index (κ2) is 6.16. The maximum absolute atomic E-state index is 12.3. The number of benzene rings is 1. The number of carbonyl (C=O) groups excluding carboxylic acids is 1. The van der Waals surface area contributed by atoms with Crippen molar-refractivity contribution in [1.82, 2.24) is 4.98 Å². The Morgan fingerprint density at radius 1 is 1.22 bits per heavy atom. The van der Waals surface area contributed by atoms with Gasteiger partial charge in [0.25, 0.3) is 0 Å². The lowest BCUT2D eigenvalue weighted by Crippen LogP contribution is -2.24. The summed E-state index contributed by atoms with van der Waals surface area (Å²) in [6, 6.07) is 9.87. The average Bonchev–Trinajstić information content (AvgIpc) is 3.21. The molecule has 1 aliphatic carbocycles. The largest absolute Gasteiger partial charge is 0.454 e. The molecule has 3 aromatic rings. The van der Waals surface area contributed by atoms with Gasteiger partial charge in [-0.05, 0) is 25.0 Å². The molecular formula is C18H18N2O2S. The maximum atomic E-state index is 12.3. The molecule has 1 aliphatic rings. The minimum Gasteiger partial charge on any atom is -0.454 e.